The molecule has 19 heavy (non-hydrogen) atoms. The minimum Gasteiger partial charge on any atom is -0.492 e. The van der Waals surface area contributed by atoms with Crippen LogP contribution in [0.3, 0.4) is 0 Å². The number of carbonyl (C=O) groups excluding carboxylic acids is 1. The van der Waals surface area contributed by atoms with Crippen LogP contribution in [0.1, 0.15) is 45.6 Å². The van der Waals surface area contributed by atoms with Gasteiger partial charge in [0.25, 0.3) is 0 Å². The van der Waals surface area contributed by atoms with Crippen LogP contribution in [0.15, 0.2) is 24.3 Å². The van der Waals surface area contributed by atoms with Crippen LogP contribution in [-0.2, 0) is 4.79 Å². The molecule has 0 aliphatic rings. The number of carbonyl (C=O) groups is 1. The smallest absolute Gasteiger partial charge is 0.242 e. The second-order valence-electron chi connectivity index (χ2n) is 5.52. The molecule has 0 spiro atoms. The molecule has 1 rings (SSSR count). The van der Waals surface area contributed by atoms with E-state index in [-0.39, 0.29) is 5.91 Å². The van der Waals surface area contributed by atoms with Gasteiger partial charge >= 0.3 is 0 Å². The molecule has 0 radical (unpaired) electrons. The number of hydrogen-bond donors (Lipinski definition) is 2. The topological polar surface area (TPSA) is 64.3 Å². The Labute approximate surface area is 115 Å². The summed E-state index contributed by atoms with van der Waals surface area (Å²) in [5.41, 5.74) is 2.81. The summed E-state index contributed by atoms with van der Waals surface area (Å²) < 4.78 is 5.65. The number of ether oxygens (including phenoxy) is 1. The average molecular weight is 264 g/mol. The van der Waals surface area contributed by atoms with Gasteiger partial charge in [-0.3, -0.25) is 10.2 Å². The number of benzene rings is 1. The number of amides is 1. The lowest BCUT2D eigenvalue weighted by atomic mass is 9.94. The highest BCUT2D eigenvalue weighted by Gasteiger charge is 2.27. The Hall–Kier alpha value is -1.55. The molecular weight excluding hydrogens is 240 g/mol. The van der Waals surface area contributed by atoms with Crippen molar-refractivity contribution in [1.29, 1.82) is 0 Å². The number of hydrogen-bond acceptors (Lipinski definition) is 3. The largest absolute Gasteiger partial charge is 0.492 e. The van der Waals surface area contributed by atoms with Crippen molar-refractivity contribution in [3.8, 4) is 5.75 Å². The molecule has 4 heteroatoms. The third-order valence-electron chi connectivity index (χ3n) is 3.41. The first-order valence-corrected chi connectivity index (χ1v) is 6.64. The van der Waals surface area contributed by atoms with Crippen molar-refractivity contribution >= 4 is 5.91 Å². The van der Waals surface area contributed by atoms with Crippen LogP contribution in [0, 0.1) is 5.41 Å². The molecular formula is C15H24N2O2. The van der Waals surface area contributed by atoms with E-state index in [0.29, 0.717) is 12.5 Å². The maximum atomic E-state index is 11.5. The summed E-state index contributed by atoms with van der Waals surface area (Å²) in [6.45, 7) is 8.25. The molecule has 0 saturated heterocycles. The van der Waals surface area contributed by atoms with E-state index in [1.807, 2.05) is 12.1 Å². The lowest BCUT2D eigenvalue weighted by molar-refractivity contribution is -0.130. The van der Waals surface area contributed by atoms with Crippen LogP contribution in [0.5, 0.6) is 5.75 Å². The van der Waals surface area contributed by atoms with Gasteiger partial charge in [-0.2, -0.15) is 0 Å². The van der Waals surface area contributed by atoms with Crippen LogP contribution in [0.2, 0.25) is 0 Å². The van der Waals surface area contributed by atoms with Gasteiger partial charge in [0.15, 0.2) is 0 Å². The molecule has 1 atom stereocenters. The first-order chi connectivity index (χ1) is 8.90. The molecule has 0 aromatic heterocycles. The van der Waals surface area contributed by atoms with Gasteiger partial charge in [-0.15, -0.1) is 0 Å². The van der Waals surface area contributed by atoms with Crippen molar-refractivity contribution in [3.63, 3.8) is 0 Å². The summed E-state index contributed by atoms with van der Waals surface area (Å²) in [5.74, 6) is 6.23. The summed E-state index contributed by atoms with van der Waals surface area (Å²) in [5, 5.41) is 0. The zero-order valence-electron chi connectivity index (χ0n) is 12.2. The van der Waals surface area contributed by atoms with Crippen LogP contribution in [-0.4, -0.2) is 12.5 Å². The molecule has 0 bridgehead atoms. The van der Waals surface area contributed by atoms with E-state index in [1.165, 1.54) is 5.56 Å². The fourth-order valence-corrected chi connectivity index (χ4v) is 1.65. The number of rotatable bonds is 6. The average Bonchev–Trinajstić information content (AvgIpc) is 2.43. The second-order valence-corrected chi connectivity index (χ2v) is 5.52. The summed E-state index contributed by atoms with van der Waals surface area (Å²) in [7, 11) is 0. The lowest BCUT2D eigenvalue weighted by Crippen LogP contribution is -2.44. The number of nitrogens with two attached hydrogens (primary N) is 1. The van der Waals surface area contributed by atoms with Gasteiger partial charge in [-0.1, -0.05) is 26.0 Å². The second kappa shape index (κ2) is 6.57. The van der Waals surface area contributed by atoms with Gasteiger partial charge in [-0.05, 0) is 43.9 Å². The first-order valence-electron chi connectivity index (χ1n) is 6.64. The van der Waals surface area contributed by atoms with E-state index in [1.54, 1.807) is 13.8 Å². The molecule has 0 saturated carbocycles. The minimum atomic E-state index is -0.649. The third-order valence-corrected chi connectivity index (χ3v) is 3.41. The molecule has 1 aromatic rings. The highest BCUT2D eigenvalue weighted by atomic mass is 16.5. The molecule has 1 aromatic carbocycles. The Morgan fingerprint density at radius 2 is 1.95 bits per heavy atom. The van der Waals surface area contributed by atoms with Crippen molar-refractivity contribution in [2.24, 2.45) is 11.3 Å². The van der Waals surface area contributed by atoms with E-state index >= 15 is 0 Å². The predicted molar refractivity (Wildman–Crippen MR) is 76.8 cm³/mol. The van der Waals surface area contributed by atoms with Crippen LogP contribution < -0.4 is 16.0 Å². The zero-order chi connectivity index (χ0) is 14.5. The molecule has 0 heterocycles. The maximum Gasteiger partial charge on any atom is 0.242 e. The van der Waals surface area contributed by atoms with Crippen LogP contribution in [0.25, 0.3) is 0 Å². The van der Waals surface area contributed by atoms with Crippen molar-refractivity contribution in [2.75, 3.05) is 6.61 Å². The molecule has 0 aliphatic heterocycles. The van der Waals surface area contributed by atoms with E-state index in [4.69, 9.17) is 10.6 Å². The van der Waals surface area contributed by atoms with Gasteiger partial charge in [0.1, 0.15) is 12.4 Å². The zero-order valence-corrected chi connectivity index (χ0v) is 12.2. The molecule has 106 valence electrons. The summed E-state index contributed by atoms with van der Waals surface area (Å²) in [6.07, 6.45) is 1.11. The fraction of sp³-hybridized carbons (Fsp3) is 0.533. The summed E-state index contributed by atoms with van der Waals surface area (Å²) in [6, 6.07) is 8.02. The number of nitrogens with one attached hydrogen (secondary N) is 1. The van der Waals surface area contributed by atoms with Crippen molar-refractivity contribution in [1.82, 2.24) is 5.43 Å². The fourth-order valence-electron chi connectivity index (χ4n) is 1.65. The Kier molecular flexibility index (Phi) is 5.36. The van der Waals surface area contributed by atoms with E-state index < -0.39 is 5.41 Å². The molecule has 1 amide bonds. The van der Waals surface area contributed by atoms with Gasteiger partial charge in [0, 0.05) is 0 Å². The Morgan fingerprint density at radius 3 is 2.42 bits per heavy atom. The first kappa shape index (κ1) is 15.5. The van der Waals surface area contributed by atoms with Gasteiger partial charge < -0.3 is 4.74 Å². The van der Waals surface area contributed by atoms with Crippen LogP contribution >= 0.6 is 0 Å². The predicted octanol–water partition coefficient (Wildman–Crippen LogP) is 2.59. The quantitative estimate of drug-likeness (QED) is 0.471. The van der Waals surface area contributed by atoms with Crippen molar-refractivity contribution in [2.45, 2.75) is 40.0 Å². The van der Waals surface area contributed by atoms with Gasteiger partial charge in [0.2, 0.25) is 5.91 Å². The standard InChI is InChI=1S/C15H24N2O2/c1-5-11(2)12-6-8-13(9-7-12)19-10-15(3,4)14(18)17-16/h6-9,11H,5,10,16H2,1-4H3,(H,17,18). The summed E-state index contributed by atoms with van der Waals surface area (Å²) in [4.78, 5) is 11.5. The van der Waals surface area contributed by atoms with Crippen LogP contribution in [0.4, 0.5) is 0 Å². The SMILES string of the molecule is CCC(C)c1ccc(OCC(C)(C)C(=O)NN)cc1. The van der Waals surface area contributed by atoms with Crippen molar-refractivity contribution < 1.29 is 9.53 Å². The van der Waals surface area contributed by atoms with Gasteiger partial charge in [0.05, 0.1) is 5.41 Å². The monoisotopic (exact) mass is 264 g/mol. The third kappa shape index (κ3) is 4.24. The lowest BCUT2D eigenvalue weighted by Gasteiger charge is -2.22. The van der Waals surface area contributed by atoms with Crippen molar-refractivity contribution in [3.05, 3.63) is 29.8 Å². The molecule has 4 nitrogen and oxygen atoms in total. The summed E-state index contributed by atoms with van der Waals surface area (Å²) >= 11 is 0. The molecule has 0 fully saturated rings. The maximum absolute atomic E-state index is 11.5. The van der Waals surface area contributed by atoms with E-state index in [9.17, 15) is 4.79 Å². The minimum absolute atomic E-state index is 0.233. The molecule has 1 unspecified atom stereocenters. The normalized spacial score (nSPS) is 12.9. The van der Waals surface area contributed by atoms with Gasteiger partial charge in [-0.25, -0.2) is 5.84 Å². The Morgan fingerprint density at radius 1 is 1.37 bits per heavy atom. The number of hydrazine groups is 1. The van der Waals surface area contributed by atoms with E-state index in [2.05, 4.69) is 31.4 Å². The highest BCUT2D eigenvalue weighted by molar-refractivity contribution is 5.81. The van der Waals surface area contributed by atoms with E-state index in [0.717, 1.165) is 12.2 Å². The molecule has 0 aliphatic carbocycles. The molecule has 3 N–H and O–H groups in total. The Balaban J connectivity index is 2.62. The Bertz CT molecular complexity index is 413. The highest BCUT2D eigenvalue weighted by Crippen LogP contribution is 2.23.